The van der Waals surface area contributed by atoms with Crippen molar-refractivity contribution in [2.45, 2.75) is 25.0 Å². The summed E-state index contributed by atoms with van der Waals surface area (Å²) in [5.41, 5.74) is 0.973. The van der Waals surface area contributed by atoms with Crippen LogP contribution in [0.5, 0.6) is 5.75 Å². The standard InChI is InChI=1S/C17H21ClN2O4S/c18-13-1-2-15-12(9-13)10-16(24-15)17(21)20-6-4-19(5-7-20)14-3-8-25(22,23)11-14/h1-2,9,14,16H,3-8,10-11H2. The zero-order chi connectivity index (χ0) is 17.6. The lowest BCUT2D eigenvalue weighted by Crippen LogP contribution is -2.54. The van der Waals surface area contributed by atoms with Gasteiger partial charge in [-0.1, -0.05) is 11.6 Å². The van der Waals surface area contributed by atoms with E-state index in [2.05, 4.69) is 4.90 Å². The molecule has 3 aliphatic rings. The summed E-state index contributed by atoms with van der Waals surface area (Å²) >= 11 is 6.00. The first kappa shape index (κ1) is 17.1. The summed E-state index contributed by atoms with van der Waals surface area (Å²) in [6.07, 6.45) is 0.778. The predicted molar refractivity (Wildman–Crippen MR) is 94.8 cm³/mol. The van der Waals surface area contributed by atoms with Crippen molar-refractivity contribution in [2.24, 2.45) is 0 Å². The fourth-order valence-electron chi connectivity index (χ4n) is 3.93. The van der Waals surface area contributed by atoms with E-state index in [1.54, 1.807) is 6.07 Å². The summed E-state index contributed by atoms with van der Waals surface area (Å²) in [5, 5.41) is 0.649. The Hall–Kier alpha value is -1.31. The highest BCUT2D eigenvalue weighted by Crippen LogP contribution is 2.32. The number of sulfone groups is 1. The third-order valence-electron chi connectivity index (χ3n) is 5.32. The molecule has 25 heavy (non-hydrogen) atoms. The van der Waals surface area contributed by atoms with Crippen molar-refractivity contribution in [3.63, 3.8) is 0 Å². The van der Waals surface area contributed by atoms with Crippen LogP contribution in [0.2, 0.25) is 5.02 Å². The Morgan fingerprint density at radius 3 is 2.64 bits per heavy atom. The van der Waals surface area contributed by atoms with Gasteiger partial charge in [-0.2, -0.15) is 0 Å². The third kappa shape index (κ3) is 3.50. The highest BCUT2D eigenvalue weighted by molar-refractivity contribution is 7.91. The van der Waals surface area contributed by atoms with Gasteiger partial charge in [0.1, 0.15) is 5.75 Å². The van der Waals surface area contributed by atoms with Crippen molar-refractivity contribution in [3.05, 3.63) is 28.8 Å². The van der Waals surface area contributed by atoms with E-state index >= 15 is 0 Å². The molecule has 0 bridgehead atoms. The summed E-state index contributed by atoms with van der Waals surface area (Å²) in [7, 11) is -2.87. The highest BCUT2D eigenvalue weighted by atomic mass is 35.5. The molecule has 1 aromatic carbocycles. The molecule has 2 unspecified atom stereocenters. The van der Waals surface area contributed by atoms with Gasteiger partial charge in [-0.3, -0.25) is 9.69 Å². The molecule has 6 nitrogen and oxygen atoms in total. The SMILES string of the molecule is O=C(C1Cc2cc(Cl)ccc2O1)N1CCN(C2CCS(=O)(=O)C2)CC1. The molecule has 4 rings (SSSR count). The molecule has 0 aliphatic carbocycles. The second-order valence-corrected chi connectivity index (χ2v) is 9.65. The van der Waals surface area contributed by atoms with E-state index < -0.39 is 15.9 Å². The lowest BCUT2D eigenvalue weighted by Gasteiger charge is -2.38. The van der Waals surface area contributed by atoms with Gasteiger partial charge in [0.15, 0.2) is 15.9 Å². The molecular formula is C17H21ClN2O4S. The molecule has 136 valence electrons. The molecular weight excluding hydrogens is 364 g/mol. The van der Waals surface area contributed by atoms with E-state index in [0.717, 1.165) is 24.4 Å². The lowest BCUT2D eigenvalue weighted by atomic mass is 10.1. The number of halogens is 1. The number of amides is 1. The average molecular weight is 385 g/mol. The number of hydrogen-bond acceptors (Lipinski definition) is 5. The van der Waals surface area contributed by atoms with Crippen molar-refractivity contribution in [1.29, 1.82) is 0 Å². The van der Waals surface area contributed by atoms with Crippen LogP contribution < -0.4 is 4.74 Å². The van der Waals surface area contributed by atoms with Crippen LogP contribution in [0, 0.1) is 0 Å². The van der Waals surface area contributed by atoms with Crippen molar-refractivity contribution in [3.8, 4) is 5.75 Å². The minimum atomic E-state index is -2.87. The van der Waals surface area contributed by atoms with Crippen molar-refractivity contribution >= 4 is 27.3 Å². The molecule has 0 spiro atoms. The molecule has 0 saturated carbocycles. The first-order chi connectivity index (χ1) is 11.9. The summed E-state index contributed by atoms with van der Waals surface area (Å²) in [6.45, 7) is 2.67. The molecule has 0 aromatic heterocycles. The molecule has 8 heteroatoms. The molecule has 2 saturated heterocycles. The van der Waals surface area contributed by atoms with Crippen LogP contribution in [0.1, 0.15) is 12.0 Å². The van der Waals surface area contributed by atoms with Gasteiger partial charge in [-0.15, -0.1) is 0 Å². The van der Waals surface area contributed by atoms with Crippen molar-refractivity contribution in [1.82, 2.24) is 9.80 Å². The number of fused-ring (bicyclic) bond motifs is 1. The fourth-order valence-corrected chi connectivity index (χ4v) is 5.89. The van der Waals surface area contributed by atoms with E-state index in [0.29, 0.717) is 31.0 Å². The fraction of sp³-hybridized carbons (Fsp3) is 0.588. The van der Waals surface area contributed by atoms with Gasteiger partial charge in [-0.05, 0) is 30.2 Å². The van der Waals surface area contributed by atoms with Gasteiger partial charge in [0, 0.05) is 43.7 Å². The van der Waals surface area contributed by atoms with Crippen LogP contribution in [0.25, 0.3) is 0 Å². The third-order valence-corrected chi connectivity index (χ3v) is 7.31. The Labute approximate surface area is 152 Å². The first-order valence-electron chi connectivity index (χ1n) is 8.60. The van der Waals surface area contributed by atoms with Crippen molar-refractivity contribution in [2.75, 3.05) is 37.7 Å². The number of hydrogen-bond donors (Lipinski definition) is 0. The van der Waals surface area contributed by atoms with E-state index in [-0.39, 0.29) is 23.5 Å². The normalized spacial score (nSPS) is 28.6. The van der Waals surface area contributed by atoms with Crippen LogP contribution in [0.3, 0.4) is 0 Å². The van der Waals surface area contributed by atoms with Gasteiger partial charge in [0.2, 0.25) is 0 Å². The van der Waals surface area contributed by atoms with Gasteiger partial charge in [-0.25, -0.2) is 8.42 Å². The minimum absolute atomic E-state index is 0.00557. The van der Waals surface area contributed by atoms with Gasteiger partial charge in [0.25, 0.3) is 5.91 Å². The quantitative estimate of drug-likeness (QED) is 0.760. The maximum atomic E-state index is 12.7. The summed E-state index contributed by atoms with van der Waals surface area (Å²) in [4.78, 5) is 16.8. The van der Waals surface area contributed by atoms with E-state index in [9.17, 15) is 13.2 Å². The van der Waals surface area contributed by atoms with Crippen LogP contribution in [0.4, 0.5) is 0 Å². The number of piperazine rings is 1. The van der Waals surface area contributed by atoms with Crippen LogP contribution in [-0.2, 0) is 21.1 Å². The lowest BCUT2D eigenvalue weighted by molar-refractivity contribution is -0.140. The number of ether oxygens (including phenoxy) is 1. The number of nitrogens with zero attached hydrogens (tertiary/aromatic N) is 2. The molecule has 3 aliphatic heterocycles. The maximum absolute atomic E-state index is 12.7. The smallest absolute Gasteiger partial charge is 0.264 e. The maximum Gasteiger partial charge on any atom is 0.264 e. The molecule has 2 atom stereocenters. The van der Waals surface area contributed by atoms with Gasteiger partial charge < -0.3 is 9.64 Å². The zero-order valence-electron chi connectivity index (χ0n) is 13.9. The van der Waals surface area contributed by atoms with Crippen LogP contribution in [0.15, 0.2) is 18.2 Å². The Morgan fingerprint density at radius 2 is 1.96 bits per heavy atom. The number of carbonyl (C=O) groups is 1. The number of benzene rings is 1. The zero-order valence-corrected chi connectivity index (χ0v) is 15.4. The topological polar surface area (TPSA) is 66.9 Å². The summed E-state index contributed by atoms with van der Waals surface area (Å²) in [6, 6.07) is 5.53. The Balaban J connectivity index is 1.33. The number of carbonyl (C=O) groups excluding carboxylic acids is 1. The Morgan fingerprint density at radius 1 is 1.20 bits per heavy atom. The van der Waals surface area contributed by atoms with Crippen LogP contribution >= 0.6 is 11.6 Å². The van der Waals surface area contributed by atoms with Crippen molar-refractivity contribution < 1.29 is 17.9 Å². The van der Waals surface area contributed by atoms with E-state index in [4.69, 9.17) is 16.3 Å². The number of rotatable bonds is 2. The molecule has 0 radical (unpaired) electrons. The highest BCUT2D eigenvalue weighted by Gasteiger charge is 2.37. The van der Waals surface area contributed by atoms with Crippen LogP contribution in [-0.4, -0.2) is 74.0 Å². The molecule has 0 N–H and O–H groups in total. The van der Waals surface area contributed by atoms with E-state index in [1.165, 1.54) is 0 Å². The van der Waals surface area contributed by atoms with E-state index in [1.807, 2.05) is 17.0 Å². The largest absolute Gasteiger partial charge is 0.480 e. The van der Waals surface area contributed by atoms with Gasteiger partial charge >= 0.3 is 0 Å². The predicted octanol–water partition coefficient (Wildman–Crippen LogP) is 0.975. The van der Waals surface area contributed by atoms with Gasteiger partial charge in [0.05, 0.1) is 11.5 Å². The summed E-state index contributed by atoms with van der Waals surface area (Å²) < 4.78 is 29.1. The second-order valence-electron chi connectivity index (χ2n) is 6.98. The Kier molecular flexibility index (Phi) is 4.42. The molecule has 1 amide bonds. The molecule has 2 fully saturated rings. The monoisotopic (exact) mass is 384 g/mol. The minimum Gasteiger partial charge on any atom is -0.480 e. The second kappa shape index (κ2) is 6.45. The summed E-state index contributed by atoms with van der Waals surface area (Å²) in [5.74, 6) is 1.28. The Bertz CT molecular complexity index is 790. The molecule has 3 heterocycles. The molecule has 1 aromatic rings. The average Bonchev–Trinajstić information content (AvgIpc) is 3.17. The first-order valence-corrected chi connectivity index (χ1v) is 10.8.